The van der Waals surface area contributed by atoms with E-state index in [1.54, 1.807) is 0 Å². The smallest absolute Gasteiger partial charge is 0.287 e. The van der Waals surface area contributed by atoms with Crippen LogP contribution in [0.3, 0.4) is 0 Å². The first-order valence-corrected chi connectivity index (χ1v) is 5.11. The van der Waals surface area contributed by atoms with Gasteiger partial charge in [0.2, 0.25) is 5.76 Å². The summed E-state index contributed by atoms with van der Waals surface area (Å²) in [4.78, 5) is 11.6. The zero-order valence-electron chi connectivity index (χ0n) is 9.01. The number of benzene rings is 1. The van der Waals surface area contributed by atoms with Crippen LogP contribution in [-0.4, -0.2) is 5.91 Å². The van der Waals surface area contributed by atoms with Crippen molar-refractivity contribution in [2.75, 3.05) is 0 Å². The Kier molecular flexibility index (Phi) is 3.22. The van der Waals surface area contributed by atoms with Crippen LogP contribution in [0, 0.1) is 11.3 Å². The molecule has 2 aromatic rings. The van der Waals surface area contributed by atoms with Crippen molar-refractivity contribution in [1.82, 2.24) is 5.32 Å². The Morgan fingerprint density at radius 3 is 2.65 bits per heavy atom. The average Bonchev–Trinajstić information content (AvgIpc) is 2.86. The summed E-state index contributed by atoms with van der Waals surface area (Å²) in [6, 6.07) is 14.3. The van der Waals surface area contributed by atoms with Crippen LogP contribution in [0.2, 0.25) is 0 Å². The summed E-state index contributed by atoms with van der Waals surface area (Å²) >= 11 is 0. The molecule has 0 bridgehead atoms. The molecule has 1 N–H and O–H groups in total. The second-order valence-electron chi connectivity index (χ2n) is 3.44. The molecule has 0 saturated carbocycles. The van der Waals surface area contributed by atoms with E-state index in [1.807, 2.05) is 36.4 Å². The van der Waals surface area contributed by atoms with E-state index < -0.39 is 0 Å². The van der Waals surface area contributed by atoms with E-state index in [0.29, 0.717) is 6.54 Å². The van der Waals surface area contributed by atoms with E-state index in [9.17, 15) is 4.79 Å². The highest BCUT2D eigenvalue weighted by Crippen LogP contribution is 2.06. The molecule has 0 unspecified atom stereocenters. The lowest BCUT2D eigenvalue weighted by Crippen LogP contribution is -2.22. The molecule has 4 nitrogen and oxygen atoms in total. The summed E-state index contributed by atoms with van der Waals surface area (Å²) in [7, 11) is 0. The summed E-state index contributed by atoms with van der Waals surface area (Å²) in [5, 5.41) is 11.3. The molecule has 0 fully saturated rings. The van der Waals surface area contributed by atoms with Gasteiger partial charge in [-0.3, -0.25) is 4.79 Å². The molecular weight excluding hydrogens is 216 g/mol. The van der Waals surface area contributed by atoms with Crippen LogP contribution in [0.1, 0.15) is 21.9 Å². The van der Waals surface area contributed by atoms with Crippen LogP contribution in [0.5, 0.6) is 0 Å². The minimum Gasteiger partial charge on any atom is -0.440 e. The molecule has 1 aromatic heterocycles. The first-order valence-electron chi connectivity index (χ1n) is 5.11. The molecule has 1 heterocycles. The zero-order valence-corrected chi connectivity index (χ0v) is 9.01. The lowest BCUT2D eigenvalue weighted by atomic mass is 10.2. The van der Waals surface area contributed by atoms with Crippen molar-refractivity contribution in [1.29, 1.82) is 5.26 Å². The fraction of sp³-hybridized carbons (Fsp3) is 0.0769. The number of nitrogens with one attached hydrogen (secondary N) is 1. The van der Waals surface area contributed by atoms with E-state index in [-0.39, 0.29) is 17.4 Å². The first-order chi connectivity index (χ1) is 8.29. The van der Waals surface area contributed by atoms with Crippen LogP contribution in [-0.2, 0) is 6.54 Å². The number of amides is 1. The molecular formula is C13H10N2O2. The second kappa shape index (κ2) is 4.99. The Morgan fingerprint density at radius 2 is 2.00 bits per heavy atom. The largest absolute Gasteiger partial charge is 0.440 e. The Morgan fingerprint density at radius 1 is 1.24 bits per heavy atom. The molecule has 0 spiro atoms. The first kappa shape index (κ1) is 11.0. The van der Waals surface area contributed by atoms with Gasteiger partial charge < -0.3 is 9.73 Å². The summed E-state index contributed by atoms with van der Waals surface area (Å²) in [6.45, 7) is 0.433. The predicted molar refractivity (Wildman–Crippen MR) is 61.0 cm³/mol. The van der Waals surface area contributed by atoms with Crippen molar-refractivity contribution in [3.8, 4) is 6.07 Å². The molecule has 0 aliphatic heterocycles. The Labute approximate surface area is 98.5 Å². The number of hydrogen-bond acceptors (Lipinski definition) is 3. The fourth-order valence-electron chi connectivity index (χ4n) is 1.39. The Hall–Kier alpha value is -2.54. The maximum atomic E-state index is 11.6. The van der Waals surface area contributed by atoms with Crippen molar-refractivity contribution >= 4 is 5.91 Å². The van der Waals surface area contributed by atoms with E-state index in [4.69, 9.17) is 9.68 Å². The van der Waals surface area contributed by atoms with Crippen molar-refractivity contribution in [3.05, 3.63) is 59.5 Å². The second-order valence-corrected chi connectivity index (χ2v) is 3.44. The van der Waals surface area contributed by atoms with Gasteiger partial charge in [-0.05, 0) is 17.7 Å². The van der Waals surface area contributed by atoms with Crippen molar-refractivity contribution < 1.29 is 9.21 Å². The molecule has 0 aliphatic rings. The normalized spacial score (nSPS) is 9.59. The molecule has 2 rings (SSSR count). The summed E-state index contributed by atoms with van der Waals surface area (Å²) in [5.74, 6) is -0.0392. The van der Waals surface area contributed by atoms with Gasteiger partial charge in [0.1, 0.15) is 6.07 Å². The van der Waals surface area contributed by atoms with Gasteiger partial charge in [-0.15, -0.1) is 0 Å². The molecule has 4 heteroatoms. The van der Waals surface area contributed by atoms with Gasteiger partial charge in [-0.1, -0.05) is 30.3 Å². The molecule has 0 aliphatic carbocycles. The molecule has 84 valence electrons. The van der Waals surface area contributed by atoms with Crippen LogP contribution in [0.15, 0.2) is 46.9 Å². The van der Waals surface area contributed by atoms with Gasteiger partial charge in [-0.2, -0.15) is 5.26 Å². The van der Waals surface area contributed by atoms with Gasteiger partial charge in [0.15, 0.2) is 5.76 Å². The average molecular weight is 226 g/mol. The lowest BCUT2D eigenvalue weighted by molar-refractivity contribution is 0.0922. The number of carbonyl (C=O) groups is 1. The van der Waals surface area contributed by atoms with Crippen LogP contribution >= 0.6 is 0 Å². The van der Waals surface area contributed by atoms with Gasteiger partial charge in [0.05, 0.1) is 0 Å². The summed E-state index contributed by atoms with van der Waals surface area (Å²) in [6.07, 6.45) is 0. The standard InChI is InChI=1S/C13H10N2O2/c14-8-11-6-7-12(17-11)13(16)15-9-10-4-2-1-3-5-10/h1-7H,9H2,(H,15,16). The number of carbonyl (C=O) groups excluding carboxylic acids is 1. The van der Waals surface area contributed by atoms with E-state index >= 15 is 0 Å². The zero-order chi connectivity index (χ0) is 12.1. The lowest BCUT2D eigenvalue weighted by Gasteiger charge is -2.02. The van der Waals surface area contributed by atoms with E-state index in [2.05, 4.69) is 5.32 Å². The SMILES string of the molecule is N#Cc1ccc(C(=O)NCc2ccccc2)o1. The van der Waals surface area contributed by atoms with Gasteiger partial charge in [0.25, 0.3) is 5.91 Å². The molecule has 17 heavy (non-hydrogen) atoms. The number of hydrogen-bond donors (Lipinski definition) is 1. The number of nitrogens with zero attached hydrogens (tertiary/aromatic N) is 1. The minimum absolute atomic E-state index is 0.134. The maximum Gasteiger partial charge on any atom is 0.287 e. The molecule has 0 atom stereocenters. The van der Waals surface area contributed by atoms with Crippen LogP contribution < -0.4 is 5.32 Å². The molecule has 1 amide bonds. The third-order valence-electron chi connectivity index (χ3n) is 2.24. The molecule has 1 aromatic carbocycles. The van der Waals surface area contributed by atoms with Crippen LogP contribution in [0.4, 0.5) is 0 Å². The van der Waals surface area contributed by atoms with Gasteiger partial charge in [-0.25, -0.2) is 0 Å². The topological polar surface area (TPSA) is 66.0 Å². The van der Waals surface area contributed by atoms with E-state index in [1.165, 1.54) is 12.1 Å². The quantitative estimate of drug-likeness (QED) is 0.871. The number of rotatable bonds is 3. The summed E-state index contributed by atoms with van der Waals surface area (Å²) in [5.41, 5.74) is 1.01. The monoisotopic (exact) mass is 226 g/mol. The van der Waals surface area contributed by atoms with Crippen molar-refractivity contribution in [2.24, 2.45) is 0 Å². The number of furan rings is 1. The van der Waals surface area contributed by atoms with Crippen molar-refractivity contribution in [2.45, 2.75) is 6.54 Å². The van der Waals surface area contributed by atoms with Gasteiger partial charge >= 0.3 is 0 Å². The summed E-state index contributed by atoms with van der Waals surface area (Å²) < 4.78 is 5.01. The minimum atomic E-state index is -0.324. The number of nitriles is 1. The Balaban J connectivity index is 1.96. The third-order valence-corrected chi connectivity index (χ3v) is 2.24. The van der Waals surface area contributed by atoms with E-state index in [0.717, 1.165) is 5.56 Å². The highest BCUT2D eigenvalue weighted by Gasteiger charge is 2.10. The highest BCUT2D eigenvalue weighted by atomic mass is 16.3. The van der Waals surface area contributed by atoms with Crippen molar-refractivity contribution in [3.63, 3.8) is 0 Å². The molecule has 0 saturated heterocycles. The van der Waals surface area contributed by atoms with Gasteiger partial charge in [0, 0.05) is 6.54 Å². The maximum absolute atomic E-state index is 11.6. The molecule has 0 radical (unpaired) electrons. The highest BCUT2D eigenvalue weighted by molar-refractivity contribution is 5.91. The predicted octanol–water partition coefficient (Wildman–Crippen LogP) is 2.08. The Bertz CT molecular complexity index is 552. The third kappa shape index (κ3) is 2.73. The van der Waals surface area contributed by atoms with Crippen LogP contribution in [0.25, 0.3) is 0 Å². The fourth-order valence-corrected chi connectivity index (χ4v) is 1.39.